The number of amides is 5. The Hall–Kier alpha value is -4.60. The van der Waals surface area contributed by atoms with Gasteiger partial charge in [-0.25, -0.2) is 5.48 Å². The van der Waals surface area contributed by atoms with Gasteiger partial charge in [-0.15, -0.1) is 0 Å². The molecule has 0 unspecified atom stereocenters. The lowest BCUT2D eigenvalue weighted by molar-refractivity contribution is -0.858. The Bertz CT molecular complexity index is 1520. The summed E-state index contributed by atoms with van der Waals surface area (Å²) in [5.74, 6) is -1.74. The average Bonchev–Trinajstić information content (AvgIpc) is 3.65. The van der Waals surface area contributed by atoms with E-state index in [1.165, 1.54) is 4.90 Å². The van der Waals surface area contributed by atoms with E-state index in [1.54, 1.807) is 77.1 Å². The van der Waals surface area contributed by atoms with Gasteiger partial charge in [-0.2, -0.15) is 0 Å². The fourth-order valence-corrected chi connectivity index (χ4v) is 4.73. The molecule has 0 bridgehead atoms. The standard InChI is InChI=1S/C30H43N9O6.ClH/c1-36(2)13-9-12-31-28(42)23-15-21(18-37(23)3)33-30(44)25-16-22(19-39(25)5)34-29(43)24-14-20(17-38(24)4)32-26(40)10-7-6-8-11-27(41)35-45;/h14-19,45H,6-13H2,1-5H3,(H,31,42)(H,32,40)(H,33,44)(H,34,43)(H,35,41);1H. The van der Waals surface area contributed by atoms with E-state index in [1.807, 2.05) is 0 Å². The second kappa shape index (κ2) is 17.8. The average molecular weight is 662 g/mol. The first-order valence-electron chi connectivity index (χ1n) is 14.8. The van der Waals surface area contributed by atoms with Crippen molar-refractivity contribution in [3.63, 3.8) is 0 Å². The number of hydroxylamine groups is 1. The van der Waals surface area contributed by atoms with Crippen LogP contribution in [0.15, 0.2) is 36.8 Å². The largest absolute Gasteiger partial charge is 1.00 e. The third-order valence-corrected chi connectivity index (χ3v) is 7.08. The SMILES string of the molecule is Cn1cc(NC(=O)c2cc(NC(=O)c3cc(NC(=O)CCCCCC(=O)NO)cn3C)cn2C)cc1C(=O)NCCC[NH+](C)C.[Cl-]. The van der Waals surface area contributed by atoms with Crippen molar-refractivity contribution in [3.05, 3.63) is 53.9 Å². The van der Waals surface area contributed by atoms with E-state index in [0.717, 1.165) is 13.0 Å². The Morgan fingerprint density at radius 3 is 1.54 bits per heavy atom. The quantitative estimate of drug-likeness (QED) is 0.0522. The molecular formula is C30H44ClN9O6. The lowest BCUT2D eigenvalue weighted by atomic mass is 10.1. The van der Waals surface area contributed by atoms with Gasteiger partial charge in [0.05, 0.1) is 37.7 Å². The summed E-state index contributed by atoms with van der Waals surface area (Å²) in [6.07, 6.45) is 7.98. The van der Waals surface area contributed by atoms with Gasteiger partial charge in [0.1, 0.15) is 17.1 Å². The van der Waals surface area contributed by atoms with Crippen LogP contribution < -0.4 is 44.1 Å². The Balaban J connectivity index is 0.00000736. The summed E-state index contributed by atoms with van der Waals surface area (Å²) in [5.41, 5.74) is 3.92. The van der Waals surface area contributed by atoms with Gasteiger partial charge in [-0.05, 0) is 31.0 Å². The summed E-state index contributed by atoms with van der Waals surface area (Å²) in [6, 6.07) is 4.72. The van der Waals surface area contributed by atoms with Gasteiger partial charge < -0.3 is 52.3 Å². The molecule has 0 saturated heterocycles. The number of anilines is 3. The molecule has 0 aliphatic rings. The molecule has 7 N–H and O–H groups in total. The van der Waals surface area contributed by atoms with E-state index in [9.17, 15) is 24.0 Å². The highest BCUT2D eigenvalue weighted by Gasteiger charge is 2.19. The smallest absolute Gasteiger partial charge is 0.272 e. The topological polar surface area (TPSA) is 185 Å². The van der Waals surface area contributed by atoms with Crippen molar-refractivity contribution in [2.75, 3.05) is 43.1 Å². The third kappa shape index (κ3) is 11.1. The highest BCUT2D eigenvalue weighted by atomic mass is 35.5. The molecule has 0 fully saturated rings. The van der Waals surface area contributed by atoms with Crippen molar-refractivity contribution in [2.24, 2.45) is 21.1 Å². The minimum Gasteiger partial charge on any atom is -1.00 e. The summed E-state index contributed by atoms with van der Waals surface area (Å²) >= 11 is 0. The lowest BCUT2D eigenvalue weighted by Crippen LogP contribution is -3.05. The van der Waals surface area contributed by atoms with Crippen molar-refractivity contribution >= 4 is 46.6 Å². The second-order valence-electron chi connectivity index (χ2n) is 11.3. The Labute approximate surface area is 274 Å². The van der Waals surface area contributed by atoms with Crippen LogP contribution >= 0.6 is 0 Å². The van der Waals surface area contributed by atoms with E-state index in [-0.39, 0.29) is 37.1 Å². The van der Waals surface area contributed by atoms with Crippen molar-refractivity contribution in [2.45, 2.75) is 38.5 Å². The molecule has 5 amide bonds. The maximum Gasteiger partial charge on any atom is 0.272 e. The number of hydrogen-bond acceptors (Lipinski definition) is 6. The van der Waals surface area contributed by atoms with Gasteiger partial charge in [0.2, 0.25) is 11.8 Å². The zero-order valence-corrected chi connectivity index (χ0v) is 27.6. The van der Waals surface area contributed by atoms with Gasteiger partial charge in [0.15, 0.2) is 0 Å². The van der Waals surface area contributed by atoms with Crippen LogP contribution in [-0.4, -0.2) is 75.6 Å². The molecule has 3 aromatic rings. The first-order chi connectivity index (χ1) is 21.4. The third-order valence-electron chi connectivity index (χ3n) is 7.08. The number of hydrogen-bond donors (Lipinski definition) is 7. The maximum absolute atomic E-state index is 13.1. The molecule has 16 heteroatoms. The Morgan fingerprint density at radius 2 is 1.09 bits per heavy atom. The molecule has 3 heterocycles. The fourth-order valence-electron chi connectivity index (χ4n) is 4.73. The second-order valence-corrected chi connectivity index (χ2v) is 11.3. The molecule has 0 saturated carbocycles. The molecule has 0 aliphatic heterocycles. The van der Waals surface area contributed by atoms with Gasteiger partial charge in [-0.1, -0.05) is 6.42 Å². The number of nitrogens with one attached hydrogen (secondary N) is 6. The van der Waals surface area contributed by atoms with Crippen LogP contribution in [0.2, 0.25) is 0 Å². The van der Waals surface area contributed by atoms with Crippen molar-refractivity contribution < 1.29 is 46.5 Å². The number of unbranched alkanes of at least 4 members (excludes halogenated alkanes) is 2. The number of halogens is 1. The number of rotatable bonds is 16. The lowest BCUT2D eigenvalue weighted by Gasteiger charge is -2.08. The molecule has 0 aliphatic carbocycles. The molecule has 46 heavy (non-hydrogen) atoms. The molecule has 252 valence electrons. The van der Waals surface area contributed by atoms with E-state index in [2.05, 4.69) is 35.4 Å². The van der Waals surface area contributed by atoms with Gasteiger partial charge in [-0.3, -0.25) is 29.2 Å². The number of aromatic nitrogens is 3. The molecule has 0 atom stereocenters. The molecule has 15 nitrogen and oxygen atoms in total. The zero-order chi connectivity index (χ0) is 33.1. The summed E-state index contributed by atoms with van der Waals surface area (Å²) in [4.78, 5) is 63.3. The van der Waals surface area contributed by atoms with Gasteiger partial charge in [0.25, 0.3) is 17.7 Å². The number of aryl methyl sites for hydroxylation is 3. The van der Waals surface area contributed by atoms with E-state index in [4.69, 9.17) is 5.21 Å². The van der Waals surface area contributed by atoms with Crippen LogP contribution in [0.25, 0.3) is 0 Å². The van der Waals surface area contributed by atoms with Crippen molar-refractivity contribution in [1.29, 1.82) is 0 Å². The van der Waals surface area contributed by atoms with Gasteiger partial charge in [0, 0.05) is 65.5 Å². The molecular weight excluding hydrogens is 618 g/mol. The van der Waals surface area contributed by atoms with Gasteiger partial charge >= 0.3 is 0 Å². The van der Waals surface area contributed by atoms with E-state index < -0.39 is 17.7 Å². The first-order valence-corrected chi connectivity index (χ1v) is 14.8. The predicted molar refractivity (Wildman–Crippen MR) is 168 cm³/mol. The highest BCUT2D eigenvalue weighted by molar-refractivity contribution is 6.07. The summed E-state index contributed by atoms with van der Waals surface area (Å²) in [7, 11) is 9.20. The highest BCUT2D eigenvalue weighted by Crippen LogP contribution is 2.20. The van der Waals surface area contributed by atoms with Crippen molar-refractivity contribution in [1.82, 2.24) is 24.5 Å². The first kappa shape index (κ1) is 37.6. The normalized spacial score (nSPS) is 10.7. The van der Waals surface area contributed by atoms with Crippen LogP contribution in [-0.2, 0) is 30.7 Å². The van der Waals surface area contributed by atoms with E-state index in [0.29, 0.717) is 60.0 Å². The van der Waals surface area contributed by atoms with Crippen LogP contribution in [0.4, 0.5) is 17.1 Å². The summed E-state index contributed by atoms with van der Waals surface area (Å²) < 4.78 is 4.82. The Kier molecular flexibility index (Phi) is 14.5. The summed E-state index contributed by atoms with van der Waals surface area (Å²) in [5, 5.41) is 19.8. The number of nitrogens with zero attached hydrogens (tertiary/aromatic N) is 3. The fraction of sp³-hybridized carbons (Fsp3) is 0.433. The van der Waals surface area contributed by atoms with Crippen LogP contribution in [0, 0.1) is 0 Å². The predicted octanol–water partition coefficient (Wildman–Crippen LogP) is -2.13. The van der Waals surface area contributed by atoms with E-state index >= 15 is 0 Å². The minimum absolute atomic E-state index is 0. The Morgan fingerprint density at radius 1 is 0.652 bits per heavy atom. The molecule has 3 rings (SSSR count). The number of carbonyl (C=O) groups excluding carboxylic acids is 5. The molecule has 0 radical (unpaired) electrons. The van der Waals surface area contributed by atoms with Crippen LogP contribution in [0.1, 0.15) is 70.0 Å². The number of quaternary nitrogens is 1. The molecule has 0 spiro atoms. The van der Waals surface area contributed by atoms with Crippen LogP contribution in [0.5, 0.6) is 0 Å². The monoisotopic (exact) mass is 661 g/mol. The number of carbonyl (C=O) groups is 5. The van der Waals surface area contributed by atoms with Crippen molar-refractivity contribution in [3.8, 4) is 0 Å². The molecule has 3 aromatic heterocycles. The zero-order valence-electron chi connectivity index (χ0n) is 26.8. The maximum atomic E-state index is 13.1. The van der Waals surface area contributed by atoms with Crippen LogP contribution in [0.3, 0.4) is 0 Å². The minimum atomic E-state index is -0.458. The molecule has 0 aromatic carbocycles. The summed E-state index contributed by atoms with van der Waals surface area (Å²) in [6.45, 7) is 1.50.